The number of alkyl halides is 3. The van der Waals surface area contributed by atoms with Gasteiger partial charge in [0.15, 0.2) is 0 Å². The highest BCUT2D eigenvalue weighted by Gasteiger charge is 2.35. The van der Waals surface area contributed by atoms with E-state index in [0.29, 0.717) is 16.8 Å². The van der Waals surface area contributed by atoms with Gasteiger partial charge >= 0.3 is 17.4 Å². The summed E-state index contributed by atoms with van der Waals surface area (Å²) in [6, 6.07) is 10.5. The van der Waals surface area contributed by atoms with E-state index in [9.17, 15) is 27.6 Å². The van der Waals surface area contributed by atoms with Crippen LogP contribution in [0.15, 0.2) is 42.5 Å². The molecule has 0 radical (unpaired) electrons. The van der Waals surface area contributed by atoms with Gasteiger partial charge in [0, 0.05) is 19.0 Å². The van der Waals surface area contributed by atoms with E-state index in [4.69, 9.17) is 4.74 Å². The molecule has 1 aliphatic rings. The van der Waals surface area contributed by atoms with Gasteiger partial charge in [-0.1, -0.05) is 24.3 Å². The molecule has 3 amide bonds. The SMILES string of the molecule is CC(=O)NCC1CN(c2ccc(-c3ccc(CNC(=O)C(F)(F)Cl)cc3)c(F)c2)C(=O)O1. The van der Waals surface area contributed by atoms with Crippen LogP contribution in [0.25, 0.3) is 11.1 Å². The summed E-state index contributed by atoms with van der Waals surface area (Å²) >= 11 is 4.64. The first-order valence-electron chi connectivity index (χ1n) is 9.51. The second-order valence-corrected chi connectivity index (χ2v) is 7.57. The van der Waals surface area contributed by atoms with Crippen molar-refractivity contribution >= 4 is 35.2 Å². The molecule has 3 rings (SSSR count). The van der Waals surface area contributed by atoms with Crippen LogP contribution in [-0.4, -0.2) is 42.5 Å². The van der Waals surface area contributed by atoms with Crippen LogP contribution in [0.2, 0.25) is 0 Å². The summed E-state index contributed by atoms with van der Waals surface area (Å²) in [5.41, 5.74) is 1.60. The minimum Gasteiger partial charge on any atom is -0.442 e. The van der Waals surface area contributed by atoms with Crippen molar-refractivity contribution in [2.45, 2.75) is 25.0 Å². The van der Waals surface area contributed by atoms with Crippen molar-refractivity contribution in [1.29, 1.82) is 0 Å². The number of nitrogens with one attached hydrogen (secondary N) is 2. The Balaban J connectivity index is 1.67. The number of carbonyl (C=O) groups excluding carboxylic acids is 3. The molecule has 7 nitrogen and oxygen atoms in total. The number of hydrogen-bond donors (Lipinski definition) is 2. The Bertz CT molecular complexity index is 1030. The number of anilines is 1. The molecule has 1 atom stereocenters. The first-order chi connectivity index (χ1) is 15.0. The van der Waals surface area contributed by atoms with Gasteiger partial charge in [0.2, 0.25) is 5.91 Å². The van der Waals surface area contributed by atoms with Gasteiger partial charge in [-0.05, 0) is 40.9 Å². The Kier molecular flexibility index (Phi) is 6.93. The van der Waals surface area contributed by atoms with Gasteiger partial charge in [0.05, 0.1) is 18.8 Å². The van der Waals surface area contributed by atoms with E-state index in [1.54, 1.807) is 30.3 Å². The van der Waals surface area contributed by atoms with Gasteiger partial charge < -0.3 is 15.4 Å². The maximum absolute atomic E-state index is 14.8. The van der Waals surface area contributed by atoms with Gasteiger partial charge in [0.25, 0.3) is 0 Å². The molecule has 0 aliphatic carbocycles. The van der Waals surface area contributed by atoms with Crippen molar-refractivity contribution in [3.8, 4) is 11.1 Å². The number of ether oxygens (including phenoxy) is 1. The van der Waals surface area contributed by atoms with Crippen LogP contribution in [0.3, 0.4) is 0 Å². The molecular weight excluding hydrogens is 451 g/mol. The fourth-order valence-corrected chi connectivity index (χ4v) is 3.15. The molecule has 2 aromatic rings. The van der Waals surface area contributed by atoms with E-state index >= 15 is 0 Å². The van der Waals surface area contributed by atoms with Crippen LogP contribution < -0.4 is 15.5 Å². The summed E-state index contributed by atoms with van der Waals surface area (Å²) in [5.74, 6) is -2.44. The first-order valence-corrected chi connectivity index (χ1v) is 9.89. The zero-order chi connectivity index (χ0) is 23.5. The third-order valence-corrected chi connectivity index (χ3v) is 4.86. The van der Waals surface area contributed by atoms with Crippen LogP contribution >= 0.6 is 11.6 Å². The lowest BCUT2D eigenvalue weighted by molar-refractivity contribution is -0.135. The average molecular weight is 470 g/mol. The van der Waals surface area contributed by atoms with Crippen LogP contribution in [-0.2, 0) is 20.9 Å². The third-order valence-electron chi connectivity index (χ3n) is 4.69. The minimum absolute atomic E-state index is 0.160. The zero-order valence-electron chi connectivity index (χ0n) is 16.8. The molecular formula is C21H19ClF3N3O4. The summed E-state index contributed by atoms with van der Waals surface area (Å²) in [5, 5.41) is 0.579. The van der Waals surface area contributed by atoms with Gasteiger partial charge in [-0.3, -0.25) is 14.5 Å². The maximum atomic E-state index is 14.8. The third kappa shape index (κ3) is 5.70. The zero-order valence-corrected chi connectivity index (χ0v) is 17.6. The van der Waals surface area contributed by atoms with E-state index < -0.39 is 29.3 Å². The van der Waals surface area contributed by atoms with E-state index in [0.717, 1.165) is 0 Å². The molecule has 32 heavy (non-hydrogen) atoms. The summed E-state index contributed by atoms with van der Waals surface area (Å²) in [6.45, 7) is 1.51. The molecule has 170 valence electrons. The Labute approximate surface area is 186 Å². The molecule has 1 unspecified atom stereocenters. The predicted octanol–water partition coefficient (Wildman–Crippen LogP) is 3.40. The number of carbonyl (C=O) groups is 3. The second-order valence-electron chi connectivity index (χ2n) is 7.09. The number of amides is 3. The fraction of sp³-hybridized carbons (Fsp3) is 0.286. The standard InChI is InChI=1S/C21H19ClF3N3O4/c1-12(29)26-10-16-11-28(20(31)32-16)15-6-7-17(18(23)8-15)14-4-2-13(3-5-14)9-27-19(30)21(22,24)25/h2-8,16H,9-11H2,1H3,(H,26,29)(H,27,30). The van der Waals surface area contributed by atoms with Gasteiger partial charge in [0.1, 0.15) is 11.9 Å². The Hall–Kier alpha value is -3.27. The first kappa shape index (κ1) is 23.4. The van der Waals surface area contributed by atoms with Gasteiger partial charge in [-0.25, -0.2) is 9.18 Å². The number of benzene rings is 2. The van der Waals surface area contributed by atoms with Crippen LogP contribution in [0, 0.1) is 5.82 Å². The molecule has 2 aromatic carbocycles. The largest absolute Gasteiger partial charge is 0.442 e. The van der Waals surface area contributed by atoms with Crippen molar-refractivity contribution in [3.05, 3.63) is 53.8 Å². The lowest BCUT2D eigenvalue weighted by Gasteiger charge is -2.15. The van der Waals surface area contributed by atoms with Crippen LogP contribution in [0.5, 0.6) is 0 Å². The molecule has 0 saturated carbocycles. The summed E-state index contributed by atoms with van der Waals surface area (Å²) in [6.07, 6.45) is -1.18. The monoisotopic (exact) mass is 469 g/mol. The molecule has 1 saturated heterocycles. The fourth-order valence-electron chi connectivity index (χ4n) is 3.09. The normalized spacial score (nSPS) is 16.0. The van der Waals surface area contributed by atoms with Crippen LogP contribution in [0.4, 0.5) is 23.7 Å². The van der Waals surface area contributed by atoms with Gasteiger partial charge in [-0.15, -0.1) is 0 Å². The van der Waals surface area contributed by atoms with E-state index in [1.807, 2.05) is 5.32 Å². The molecule has 1 heterocycles. The highest BCUT2D eigenvalue weighted by atomic mass is 35.5. The van der Waals surface area contributed by atoms with Crippen LogP contribution in [0.1, 0.15) is 12.5 Å². The average Bonchev–Trinajstić information content (AvgIpc) is 3.11. The van der Waals surface area contributed by atoms with E-state index in [1.165, 1.54) is 24.0 Å². The molecule has 0 aromatic heterocycles. The van der Waals surface area contributed by atoms with Crippen molar-refractivity contribution in [2.75, 3.05) is 18.0 Å². The van der Waals surface area contributed by atoms with E-state index in [-0.39, 0.29) is 31.1 Å². The van der Waals surface area contributed by atoms with Crippen molar-refractivity contribution in [3.63, 3.8) is 0 Å². The summed E-state index contributed by atoms with van der Waals surface area (Å²) in [4.78, 5) is 35.5. The minimum atomic E-state index is -3.99. The van der Waals surface area contributed by atoms with E-state index in [2.05, 4.69) is 16.9 Å². The number of rotatable bonds is 7. The predicted molar refractivity (Wildman–Crippen MR) is 111 cm³/mol. The molecule has 0 bridgehead atoms. The number of cyclic esters (lactones) is 1. The highest BCUT2D eigenvalue weighted by Crippen LogP contribution is 2.29. The smallest absolute Gasteiger partial charge is 0.414 e. The van der Waals surface area contributed by atoms with Crippen molar-refractivity contribution in [2.24, 2.45) is 0 Å². The second kappa shape index (κ2) is 9.47. The lowest BCUT2D eigenvalue weighted by atomic mass is 10.0. The molecule has 11 heteroatoms. The maximum Gasteiger partial charge on any atom is 0.414 e. The molecule has 0 spiro atoms. The number of nitrogens with zero attached hydrogens (tertiary/aromatic N) is 1. The summed E-state index contributed by atoms with van der Waals surface area (Å²) < 4.78 is 45.3. The topological polar surface area (TPSA) is 87.7 Å². The lowest BCUT2D eigenvalue weighted by Crippen LogP contribution is -2.35. The number of halogens is 4. The molecule has 2 N–H and O–H groups in total. The Morgan fingerprint density at radius 1 is 1.19 bits per heavy atom. The highest BCUT2D eigenvalue weighted by molar-refractivity contribution is 6.32. The molecule has 1 fully saturated rings. The van der Waals surface area contributed by atoms with Gasteiger partial charge in [-0.2, -0.15) is 8.78 Å². The quantitative estimate of drug-likeness (QED) is 0.608. The van der Waals surface area contributed by atoms with Crippen molar-refractivity contribution in [1.82, 2.24) is 10.6 Å². The molecule has 1 aliphatic heterocycles. The van der Waals surface area contributed by atoms with Crippen molar-refractivity contribution < 1.29 is 32.3 Å². The Morgan fingerprint density at radius 3 is 2.47 bits per heavy atom. The number of hydrogen-bond acceptors (Lipinski definition) is 4. The summed E-state index contributed by atoms with van der Waals surface area (Å²) in [7, 11) is 0. The Morgan fingerprint density at radius 2 is 1.88 bits per heavy atom.